The molecule has 3 aliphatic rings. The Balaban J connectivity index is 1.30. The number of benzene rings is 1. The summed E-state index contributed by atoms with van der Waals surface area (Å²) in [6, 6.07) is 10.4. The number of hydrogen-bond acceptors (Lipinski definition) is 8. The van der Waals surface area contributed by atoms with Crippen molar-refractivity contribution in [2.24, 2.45) is 0 Å². The number of morpholine rings is 2. The molecule has 4 aromatic heterocycles. The number of H-pyrrole nitrogens is 1. The first-order valence-electron chi connectivity index (χ1n) is 12.4. The molecule has 1 aromatic carbocycles. The smallest absolute Gasteiger partial charge is 0.229 e. The van der Waals surface area contributed by atoms with E-state index in [0.29, 0.717) is 36.9 Å². The van der Waals surface area contributed by atoms with Gasteiger partial charge in [0.05, 0.1) is 31.3 Å². The molecule has 1 atom stereocenters. The summed E-state index contributed by atoms with van der Waals surface area (Å²) in [6.45, 7) is 5.21. The summed E-state index contributed by atoms with van der Waals surface area (Å²) in [7, 11) is 0. The van der Waals surface area contributed by atoms with Gasteiger partial charge in [-0.15, -0.1) is 0 Å². The van der Waals surface area contributed by atoms with Gasteiger partial charge in [0, 0.05) is 60.7 Å². The van der Waals surface area contributed by atoms with Gasteiger partial charge in [0.2, 0.25) is 5.71 Å². The van der Waals surface area contributed by atoms with Crippen LogP contribution >= 0.6 is 0 Å². The van der Waals surface area contributed by atoms with Crippen molar-refractivity contribution >= 4 is 38.9 Å². The Morgan fingerprint density at radius 3 is 2.89 bits per heavy atom. The van der Waals surface area contributed by atoms with Crippen molar-refractivity contribution < 1.29 is 13.9 Å². The van der Waals surface area contributed by atoms with Gasteiger partial charge in [-0.1, -0.05) is 12.1 Å². The highest BCUT2D eigenvalue weighted by Crippen LogP contribution is 2.37. The number of aromatic nitrogens is 4. The molecular formula is C27H24N6O3. The number of nitrogens with one attached hydrogen (secondary N) is 1. The third kappa shape index (κ3) is 3.13. The molecule has 7 heterocycles. The maximum absolute atomic E-state index is 6.30. The highest BCUT2D eigenvalue weighted by atomic mass is 16.5. The number of hydrogen-bond donors (Lipinski definition) is 1. The van der Waals surface area contributed by atoms with E-state index in [1.807, 2.05) is 18.5 Å². The first-order chi connectivity index (χ1) is 17.8. The van der Waals surface area contributed by atoms with E-state index < -0.39 is 0 Å². The highest BCUT2D eigenvalue weighted by Gasteiger charge is 2.30. The van der Waals surface area contributed by atoms with Crippen LogP contribution in [0, 0.1) is 0 Å². The Kier molecular flexibility index (Phi) is 4.38. The summed E-state index contributed by atoms with van der Waals surface area (Å²) >= 11 is 0. The fraction of sp³-hybridized carbons (Fsp3) is 0.296. The molecule has 1 saturated heterocycles. The van der Waals surface area contributed by atoms with Crippen molar-refractivity contribution in [1.29, 1.82) is 0 Å². The number of aromatic amines is 1. The molecule has 3 aliphatic heterocycles. The third-order valence-electron chi connectivity index (χ3n) is 7.36. The summed E-state index contributed by atoms with van der Waals surface area (Å²) in [5, 5.41) is 2.01. The van der Waals surface area contributed by atoms with Crippen LogP contribution in [0.1, 0.15) is 5.56 Å². The standard InChI is InChI=1S/C27H24N6O3/c1-2-20(19-4-5-28-22(19)3-1)25-30-23-21-10-16(13-33-14-18-11-17(33)15-35-18)12-29-27(21)36-24(23)26(31-25)32-6-8-34-9-7-32/h1-5,10-12,18,28H,6-9,13-15H2/t18-/m0/s1. The molecule has 1 N–H and O–H groups in total. The number of nitrogens with zero attached hydrogens (tertiary/aromatic N) is 5. The highest BCUT2D eigenvalue weighted by molar-refractivity contribution is 6.06. The SMILES string of the molecule is C1=C2CO[C@@H]1CN2Cc1cnc2oc3c(N4CCOCC4)nc(-c4cccc5[nH]ccc45)nc3c2c1. The molecule has 0 spiro atoms. The minimum atomic E-state index is 0.217. The van der Waals surface area contributed by atoms with Crippen LogP contribution in [0.2, 0.25) is 0 Å². The summed E-state index contributed by atoms with van der Waals surface area (Å²) in [4.78, 5) is 22.7. The average Bonchev–Trinajstić information content (AvgIpc) is 3.72. The Labute approximate surface area is 206 Å². The third-order valence-corrected chi connectivity index (χ3v) is 7.36. The van der Waals surface area contributed by atoms with Crippen LogP contribution < -0.4 is 4.90 Å². The molecule has 8 rings (SSSR count). The van der Waals surface area contributed by atoms with Crippen molar-refractivity contribution in [1.82, 2.24) is 24.8 Å². The topological polar surface area (TPSA) is 92.5 Å². The molecular weight excluding hydrogens is 456 g/mol. The van der Waals surface area contributed by atoms with E-state index in [4.69, 9.17) is 28.8 Å². The minimum absolute atomic E-state index is 0.217. The van der Waals surface area contributed by atoms with Crippen LogP contribution in [-0.2, 0) is 16.0 Å². The van der Waals surface area contributed by atoms with Gasteiger partial charge < -0.3 is 28.7 Å². The predicted octanol–water partition coefficient (Wildman–Crippen LogP) is 3.85. The number of rotatable bonds is 4. The number of furan rings is 1. The molecule has 9 nitrogen and oxygen atoms in total. The summed E-state index contributed by atoms with van der Waals surface area (Å²) in [5.41, 5.74) is 6.49. The van der Waals surface area contributed by atoms with Crippen LogP contribution in [0.3, 0.4) is 0 Å². The maximum Gasteiger partial charge on any atom is 0.229 e. The molecule has 0 radical (unpaired) electrons. The molecule has 0 unspecified atom stereocenters. The van der Waals surface area contributed by atoms with Gasteiger partial charge in [0.1, 0.15) is 5.52 Å². The van der Waals surface area contributed by atoms with Crippen LogP contribution in [0.4, 0.5) is 5.82 Å². The summed E-state index contributed by atoms with van der Waals surface area (Å²) in [5.74, 6) is 1.48. The van der Waals surface area contributed by atoms with E-state index in [9.17, 15) is 0 Å². The molecule has 0 aliphatic carbocycles. The van der Waals surface area contributed by atoms with Gasteiger partial charge in [0.25, 0.3) is 0 Å². The summed E-state index contributed by atoms with van der Waals surface area (Å²) < 4.78 is 17.6. The van der Waals surface area contributed by atoms with E-state index in [0.717, 1.165) is 64.9 Å². The maximum atomic E-state index is 6.30. The van der Waals surface area contributed by atoms with Crippen molar-refractivity contribution in [3.05, 3.63) is 60.1 Å². The molecule has 0 saturated carbocycles. The van der Waals surface area contributed by atoms with Gasteiger partial charge in [-0.25, -0.2) is 15.0 Å². The largest absolute Gasteiger partial charge is 0.432 e. The van der Waals surface area contributed by atoms with Crippen LogP contribution in [0.25, 0.3) is 44.5 Å². The zero-order chi connectivity index (χ0) is 23.6. The molecule has 180 valence electrons. The first-order valence-corrected chi connectivity index (χ1v) is 12.4. The van der Waals surface area contributed by atoms with Crippen LogP contribution in [0.5, 0.6) is 0 Å². The van der Waals surface area contributed by atoms with E-state index in [1.165, 1.54) is 5.70 Å². The van der Waals surface area contributed by atoms with Crippen molar-refractivity contribution in [3.63, 3.8) is 0 Å². The van der Waals surface area contributed by atoms with Crippen LogP contribution in [-0.4, -0.2) is 70.4 Å². The zero-order valence-corrected chi connectivity index (χ0v) is 19.6. The first kappa shape index (κ1) is 20.3. The Hall–Kier alpha value is -3.95. The monoisotopic (exact) mass is 480 g/mol. The molecule has 36 heavy (non-hydrogen) atoms. The molecule has 2 bridgehead atoms. The molecule has 1 fully saturated rings. The quantitative estimate of drug-likeness (QED) is 0.415. The van der Waals surface area contributed by atoms with E-state index in [2.05, 4.69) is 45.1 Å². The van der Waals surface area contributed by atoms with E-state index in [1.54, 1.807) is 0 Å². The lowest BCUT2D eigenvalue weighted by Crippen LogP contribution is -2.37. The Morgan fingerprint density at radius 2 is 2.03 bits per heavy atom. The lowest BCUT2D eigenvalue weighted by Gasteiger charge is -2.27. The lowest BCUT2D eigenvalue weighted by molar-refractivity contribution is 0.0579. The van der Waals surface area contributed by atoms with Gasteiger partial charge in [-0.2, -0.15) is 0 Å². The fourth-order valence-electron chi connectivity index (χ4n) is 5.56. The Bertz CT molecular complexity index is 1660. The second-order valence-corrected chi connectivity index (χ2v) is 9.58. The van der Waals surface area contributed by atoms with Gasteiger partial charge in [0.15, 0.2) is 17.2 Å². The minimum Gasteiger partial charge on any atom is -0.432 e. The van der Waals surface area contributed by atoms with E-state index in [-0.39, 0.29) is 6.10 Å². The lowest BCUT2D eigenvalue weighted by atomic mass is 10.1. The Morgan fingerprint density at radius 1 is 1.08 bits per heavy atom. The zero-order valence-electron chi connectivity index (χ0n) is 19.6. The second-order valence-electron chi connectivity index (χ2n) is 9.58. The van der Waals surface area contributed by atoms with Crippen molar-refractivity contribution in [2.45, 2.75) is 12.6 Å². The number of fused-ring (bicyclic) bond motifs is 5. The normalized spacial score (nSPS) is 19.8. The fourth-order valence-corrected chi connectivity index (χ4v) is 5.56. The summed E-state index contributed by atoms with van der Waals surface area (Å²) in [6.07, 6.45) is 6.29. The average molecular weight is 481 g/mol. The molecule has 0 amide bonds. The van der Waals surface area contributed by atoms with Gasteiger partial charge >= 0.3 is 0 Å². The molecule has 5 aromatic rings. The van der Waals surface area contributed by atoms with Crippen molar-refractivity contribution in [3.8, 4) is 11.4 Å². The predicted molar refractivity (Wildman–Crippen MR) is 136 cm³/mol. The number of pyridine rings is 1. The van der Waals surface area contributed by atoms with Gasteiger partial charge in [-0.3, -0.25) is 0 Å². The van der Waals surface area contributed by atoms with Gasteiger partial charge in [-0.05, 0) is 29.8 Å². The molecule has 9 heteroatoms. The number of anilines is 1. The second kappa shape index (κ2) is 7.78. The van der Waals surface area contributed by atoms with Crippen molar-refractivity contribution in [2.75, 3.05) is 44.4 Å². The van der Waals surface area contributed by atoms with Crippen LogP contribution in [0.15, 0.2) is 58.9 Å². The number of ether oxygens (including phenoxy) is 2. The van der Waals surface area contributed by atoms with E-state index >= 15 is 0 Å².